The number of carbonyl (C=O) groups is 1. The number of likely N-dealkylation sites (N-methyl/N-ethyl adjacent to an activating group) is 1. The smallest absolute Gasteiger partial charge is 0.262 e. The number of amides is 1. The summed E-state index contributed by atoms with van der Waals surface area (Å²) in [4.78, 5) is 13.0. The van der Waals surface area contributed by atoms with Crippen LogP contribution in [0.2, 0.25) is 0 Å². The Bertz CT molecular complexity index is 261. The second-order valence-electron chi connectivity index (χ2n) is 4.99. The van der Waals surface area contributed by atoms with Crippen LogP contribution in [0.25, 0.3) is 0 Å². The van der Waals surface area contributed by atoms with Crippen molar-refractivity contribution in [2.75, 3.05) is 13.6 Å². The molecule has 1 heterocycles. The van der Waals surface area contributed by atoms with Crippen LogP contribution in [-0.2, 0) is 4.79 Å². The summed E-state index contributed by atoms with van der Waals surface area (Å²) in [6, 6.07) is -0.718. The van der Waals surface area contributed by atoms with Crippen LogP contribution in [0, 0.1) is 0 Å². The van der Waals surface area contributed by atoms with Gasteiger partial charge in [0.05, 0.1) is 12.6 Å². The Morgan fingerprint density at radius 1 is 1.47 bits per heavy atom. The van der Waals surface area contributed by atoms with E-state index in [0.717, 1.165) is 0 Å². The number of likely N-dealkylation sites (tertiary alicyclic amines) is 1. The lowest BCUT2D eigenvalue weighted by molar-refractivity contribution is -0.126. The third-order valence-corrected chi connectivity index (χ3v) is 2.68. The molecule has 0 bridgehead atoms. The van der Waals surface area contributed by atoms with Crippen molar-refractivity contribution in [2.24, 2.45) is 0 Å². The fourth-order valence-electron chi connectivity index (χ4n) is 1.92. The molecular formula is C10H18F2N2O. The number of hydrogen-bond acceptors (Lipinski definition) is 2. The normalized spacial score (nSPS) is 26.7. The molecule has 5 heteroatoms. The zero-order chi connectivity index (χ0) is 11.9. The number of carbonyl (C=O) groups excluding carboxylic acids is 1. The molecule has 1 saturated heterocycles. The summed E-state index contributed by atoms with van der Waals surface area (Å²) in [5.74, 6) is -3.09. The quantitative estimate of drug-likeness (QED) is 0.721. The summed E-state index contributed by atoms with van der Waals surface area (Å²) in [5, 5.41) is 2.43. The summed E-state index contributed by atoms with van der Waals surface area (Å²) in [5.41, 5.74) is -0.420. The van der Waals surface area contributed by atoms with Crippen LogP contribution >= 0.6 is 0 Å². The van der Waals surface area contributed by atoms with E-state index in [9.17, 15) is 13.6 Å². The molecule has 1 fully saturated rings. The van der Waals surface area contributed by atoms with E-state index in [1.165, 1.54) is 7.05 Å². The first-order chi connectivity index (χ1) is 6.67. The standard InChI is InChI=1S/C10H18F2N2O/c1-9(2,3)14-6-10(11,12)5-7(14)8(15)13-4/h7H,5-6H2,1-4H3,(H,13,15)/t7-/m0/s1. The average Bonchev–Trinajstić information content (AvgIpc) is 2.39. The van der Waals surface area contributed by atoms with Gasteiger partial charge in [-0.05, 0) is 20.8 Å². The lowest BCUT2D eigenvalue weighted by Gasteiger charge is -2.35. The van der Waals surface area contributed by atoms with E-state index >= 15 is 0 Å². The van der Waals surface area contributed by atoms with Crippen LogP contribution in [0.5, 0.6) is 0 Å². The fourth-order valence-corrected chi connectivity index (χ4v) is 1.92. The van der Waals surface area contributed by atoms with Crippen LogP contribution in [0.15, 0.2) is 0 Å². The molecule has 0 aromatic heterocycles. The van der Waals surface area contributed by atoms with Crippen LogP contribution in [0.4, 0.5) is 8.78 Å². The van der Waals surface area contributed by atoms with E-state index in [2.05, 4.69) is 5.32 Å². The molecule has 0 spiro atoms. The minimum absolute atomic E-state index is 0.331. The summed E-state index contributed by atoms with van der Waals surface area (Å²) in [6.07, 6.45) is -0.385. The zero-order valence-corrected chi connectivity index (χ0v) is 9.60. The molecule has 88 valence electrons. The van der Waals surface area contributed by atoms with Gasteiger partial charge in [0.25, 0.3) is 5.92 Å². The van der Waals surface area contributed by atoms with Gasteiger partial charge < -0.3 is 5.32 Å². The Morgan fingerprint density at radius 2 is 2.00 bits per heavy atom. The predicted octanol–water partition coefficient (Wildman–Crippen LogP) is 1.24. The van der Waals surface area contributed by atoms with Crippen molar-refractivity contribution < 1.29 is 13.6 Å². The molecule has 0 aliphatic carbocycles. The van der Waals surface area contributed by atoms with Gasteiger partial charge >= 0.3 is 0 Å². The lowest BCUT2D eigenvalue weighted by atomic mass is 10.0. The van der Waals surface area contributed by atoms with Gasteiger partial charge in [-0.2, -0.15) is 0 Å². The van der Waals surface area contributed by atoms with Crippen molar-refractivity contribution in [1.29, 1.82) is 0 Å². The Morgan fingerprint density at radius 3 is 2.40 bits per heavy atom. The van der Waals surface area contributed by atoms with Crippen molar-refractivity contribution in [3.63, 3.8) is 0 Å². The Labute approximate surface area is 88.8 Å². The topological polar surface area (TPSA) is 32.3 Å². The molecule has 1 aliphatic rings. The molecule has 1 atom stereocenters. The van der Waals surface area contributed by atoms with Gasteiger partial charge in [0.2, 0.25) is 5.91 Å². The molecule has 0 saturated carbocycles. The summed E-state index contributed by atoms with van der Waals surface area (Å²) >= 11 is 0. The number of alkyl halides is 2. The van der Waals surface area contributed by atoms with Crippen molar-refractivity contribution in [3.8, 4) is 0 Å². The highest BCUT2D eigenvalue weighted by molar-refractivity contribution is 5.82. The number of nitrogens with one attached hydrogen (secondary N) is 1. The zero-order valence-electron chi connectivity index (χ0n) is 9.60. The predicted molar refractivity (Wildman–Crippen MR) is 53.9 cm³/mol. The second kappa shape index (κ2) is 3.70. The summed E-state index contributed by atoms with van der Waals surface area (Å²) < 4.78 is 26.5. The summed E-state index contributed by atoms with van der Waals surface area (Å²) in [6.45, 7) is 5.17. The minimum atomic E-state index is -2.76. The first-order valence-corrected chi connectivity index (χ1v) is 5.03. The highest BCUT2D eigenvalue weighted by atomic mass is 19.3. The maximum absolute atomic E-state index is 13.2. The Hall–Kier alpha value is -0.710. The van der Waals surface area contributed by atoms with E-state index in [-0.39, 0.29) is 18.9 Å². The molecule has 0 aromatic rings. The van der Waals surface area contributed by atoms with Gasteiger partial charge in [0, 0.05) is 19.0 Å². The third-order valence-electron chi connectivity index (χ3n) is 2.68. The second-order valence-corrected chi connectivity index (χ2v) is 4.99. The molecule has 3 nitrogen and oxygen atoms in total. The molecule has 1 aliphatic heterocycles. The molecule has 1 N–H and O–H groups in total. The van der Waals surface area contributed by atoms with Crippen LogP contribution < -0.4 is 5.32 Å². The number of nitrogens with zero attached hydrogens (tertiary/aromatic N) is 1. The Balaban J connectivity index is 2.89. The van der Waals surface area contributed by atoms with Crippen molar-refractivity contribution >= 4 is 5.91 Å². The molecule has 0 unspecified atom stereocenters. The number of halogens is 2. The first-order valence-electron chi connectivity index (χ1n) is 5.03. The van der Waals surface area contributed by atoms with E-state index in [1.54, 1.807) is 4.90 Å². The van der Waals surface area contributed by atoms with Crippen LogP contribution in [0.1, 0.15) is 27.2 Å². The Kier molecular flexibility index (Phi) is 3.05. The molecule has 1 rings (SSSR count). The summed E-state index contributed by atoms with van der Waals surface area (Å²) in [7, 11) is 1.47. The highest BCUT2D eigenvalue weighted by Gasteiger charge is 2.50. The largest absolute Gasteiger partial charge is 0.358 e. The molecular weight excluding hydrogens is 202 g/mol. The van der Waals surface area contributed by atoms with Crippen molar-refractivity contribution in [1.82, 2.24) is 10.2 Å². The first kappa shape index (κ1) is 12.4. The van der Waals surface area contributed by atoms with E-state index < -0.39 is 17.5 Å². The van der Waals surface area contributed by atoms with Gasteiger partial charge in [0.1, 0.15) is 0 Å². The van der Waals surface area contributed by atoms with E-state index in [0.29, 0.717) is 0 Å². The monoisotopic (exact) mass is 220 g/mol. The molecule has 15 heavy (non-hydrogen) atoms. The van der Waals surface area contributed by atoms with Crippen molar-refractivity contribution in [2.45, 2.75) is 44.7 Å². The highest BCUT2D eigenvalue weighted by Crippen LogP contribution is 2.36. The molecule has 0 radical (unpaired) electrons. The van der Waals surface area contributed by atoms with E-state index in [4.69, 9.17) is 0 Å². The van der Waals surface area contributed by atoms with Crippen molar-refractivity contribution in [3.05, 3.63) is 0 Å². The molecule has 0 aromatic carbocycles. The van der Waals surface area contributed by atoms with Gasteiger partial charge in [-0.25, -0.2) is 8.78 Å². The molecule has 1 amide bonds. The lowest BCUT2D eigenvalue weighted by Crippen LogP contribution is -2.50. The third kappa shape index (κ3) is 2.65. The van der Waals surface area contributed by atoms with Crippen LogP contribution in [-0.4, -0.2) is 41.9 Å². The van der Waals surface area contributed by atoms with Gasteiger partial charge in [0.15, 0.2) is 0 Å². The maximum Gasteiger partial charge on any atom is 0.262 e. The van der Waals surface area contributed by atoms with Gasteiger partial charge in [-0.3, -0.25) is 9.69 Å². The van der Waals surface area contributed by atoms with Crippen LogP contribution in [0.3, 0.4) is 0 Å². The van der Waals surface area contributed by atoms with Gasteiger partial charge in [-0.15, -0.1) is 0 Å². The fraction of sp³-hybridized carbons (Fsp3) is 0.900. The number of hydrogen-bond donors (Lipinski definition) is 1. The average molecular weight is 220 g/mol. The number of rotatable bonds is 1. The van der Waals surface area contributed by atoms with E-state index in [1.807, 2.05) is 20.8 Å². The SMILES string of the molecule is CNC(=O)[C@@H]1CC(F)(F)CN1C(C)(C)C. The minimum Gasteiger partial charge on any atom is -0.358 e. The maximum atomic E-state index is 13.2. The van der Waals surface area contributed by atoms with Gasteiger partial charge in [-0.1, -0.05) is 0 Å².